The van der Waals surface area contributed by atoms with Gasteiger partial charge >= 0.3 is 0 Å². The number of nitrogens with one attached hydrogen (secondary N) is 1. The molecule has 0 atom stereocenters. The van der Waals surface area contributed by atoms with Gasteiger partial charge in [0.1, 0.15) is 5.75 Å². The molecule has 1 heterocycles. The molecular weight excluding hydrogens is 322 g/mol. The van der Waals surface area contributed by atoms with Gasteiger partial charge in [-0.05, 0) is 35.7 Å². The summed E-state index contributed by atoms with van der Waals surface area (Å²) in [5.41, 5.74) is 0. The van der Waals surface area contributed by atoms with Crippen LogP contribution in [0.3, 0.4) is 0 Å². The summed E-state index contributed by atoms with van der Waals surface area (Å²) >= 11 is 1.92. The van der Waals surface area contributed by atoms with Crippen molar-refractivity contribution >= 4 is 28.4 Å². The number of hydrogen-bond donors (Lipinski definition) is 1. The minimum Gasteiger partial charge on any atom is -0.484 e. The van der Waals surface area contributed by atoms with Crippen molar-refractivity contribution in [1.82, 2.24) is 5.32 Å². The average molecular weight is 345 g/mol. The molecule has 4 nitrogen and oxygen atoms in total. The highest BCUT2D eigenvalue weighted by Gasteiger charge is 2.13. The first-order valence-corrected chi connectivity index (χ1v) is 9.44. The fourth-order valence-corrected chi connectivity index (χ4v) is 3.79. The van der Waals surface area contributed by atoms with E-state index in [-0.39, 0.29) is 12.5 Å². The summed E-state index contributed by atoms with van der Waals surface area (Å²) in [5.74, 6) is 1.59. The lowest BCUT2D eigenvalue weighted by Gasteiger charge is -2.21. The number of amides is 1. The van der Waals surface area contributed by atoms with Crippen molar-refractivity contribution in [3.05, 3.63) is 42.5 Å². The quantitative estimate of drug-likeness (QED) is 0.783. The third-order valence-corrected chi connectivity index (χ3v) is 5.42. The summed E-state index contributed by atoms with van der Waals surface area (Å²) < 4.78 is 10.9. The Morgan fingerprint density at radius 3 is 2.79 bits per heavy atom. The predicted octanol–water partition coefficient (Wildman–Crippen LogP) is 3.25. The van der Waals surface area contributed by atoms with Crippen LogP contribution in [0.5, 0.6) is 5.75 Å². The van der Waals surface area contributed by atoms with E-state index < -0.39 is 0 Å². The standard InChI is InChI=1S/C19H23NO3S/c21-19(20-9-12-24-18-7-10-22-11-8-18)14-23-17-6-5-15-3-1-2-4-16(15)13-17/h1-6,13,18H,7-12,14H2,(H,20,21). The Labute approximate surface area is 146 Å². The Kier molecular flexibility index (Phi) is 6.38. The minimum atomic E-state index is -0.0734. The van der Waals surface area contributed by atoms with E-state index in [1.807, 2.05) is 48.2 Å². The lowest BCUT2D eigenvalue weighted by Crippen LogP contribution is -2.31. The molecule has 0 saturated carbocycles. The van der Waals surface area contributed by atoms with Crippen LogP contribution in [-0.2, 0) is 9.53 Å². The molecular formula is C19H23NO3S. The van der Waals surface area contributed by atoms with Crippen LogP contribution in [-0.4, -0.2) is 43.3 Å². The Morgan fingerprint density at radius 2 is 1.96 bits per heavy atom. The number of benzene rings is 2. The fraction of sp³-hybridized carbons (Fsp3) is 0.421. The molecule has 0 aliphatic carbocycles. The monoisotopic (exact) mass is 345 g/mol. The van der Waals surface area contributed by atoms with Crippen LogP contribution in [0.2, 0.25) is 0 Å². The molecule has 1 amide bonds. The molecule has 0 spiro atoms. The van der Waals surface area contributed by atoms with Gasteiger partial charge in [0.05, 0.1) is 0 Å². The molecule has 0 aromatic heterocycles. The van der Waals surface area contributed by atoms with E-state index in [1.165, 1.54) is 5.39 Å². The molecule has 2 aromatic carbocycles. The normalized spacial score (nSPS) is 15.3. The summed E-state index contributed by atoms with van der Waals surface area (Å²) in [6.45, 7) is 2.47. The van der Waals surface area contributed by atoms with Gasteiger partial charge in [0.25, 0.3) is 5.91 Å². The molecule has 1 aliphatic heterocycles. The zero-order valence-corrected chi connectivity index (χ0v) is 14.5. The molecule has 0 radical (unpaired) electrons. The van der Waals surface area contributed by atoms with E-state index in [2.05, 4.69) is 11.4 Å². The number of carbonyl (C=O) groups excluding carboxylic acids is 1. The summed E-state index contributed by atoms with van der Waals surface area (Å²) in [6, 6.07) is 14.0. The van der Waals surface area contributed by atoms with Gasteiger partial charge in [-0.3, -0.25) is 4.79 Å². The van der Waals surface area contributed by atoms with Crippen molar-refractivity contribution in [3.63, 3.8) is 0 Å². The Hall–Kier alpha value is -1.72. The second-order valence-corrected chi connectivity index (χ2v) is 7.24. The topological polar surface area (TPSA) is 47.6 Å². The molecule has 0 bridgehead atoms. The first-order valence-electron chi connectivity index (χ1n) is 8.39. The molecule has 3 rings (SSSR count). The second-order valence-electron chi connectivity index (χ2n) is 5.83. The number of thioether (sulfide) groups is 1. The summed E-state index contributed by atoms with van der Waals surface area (Å²) in [4.78, 5) is 11.9. The number of carbonyl (C=O) groups is 1. The highest BCUT2D eigenvalue weighted by Crippen LogP contribution is 2.21. The fourth-order valence-electron chi connectivity index (χ4n) is 2.72. The van der Waals surface area contributed by atoms with Gasteiger partial charge in [0.15, 0.2) is 6.61 Å². The van der Waals surface area contributed by atoms with Crippen LogP contribution in [0.15, 0.2) is 42.5 Å². The van der Waals surface area contributed by atoms with Crippen molar-refractivity contribution in [3.8, 4) is 5.75 Å². The zero-order chi connectivity index (χ0) is 16.6. The smallest absolute Gasteiger partial charge is 0.257 e. The van der Waals surface area contributed by atoms with E-state index >= 15 is 0 Å². The largest absolute Gasteiger partial charge is 0.484 e. The van der Waals surface area contributed by atoms with Gasteiger partial charge < -0.3 is 14.8 Å². The van der Waals surface area contributed by atoms with Crippen LogP contribution in [0.1, 0.15) is 12.8 Å². The highest BCUT2D eigenvalue weighted by molar-refractivity contribution is 7.99. The third-order valence-electron chi connectivity index (χ3n) is 4.04. The van der Waals surface area contributed by atoms with Gasteiger partial charge in [0, 0.05) is 30.8 Å². The third kappa shape index (κ3) is 5.14. The van der Waals surface area contributed by atoms with Gasteiger partial charge in [-0.15, -0.1) is 0 Å². The maximum absolute atomic E-state index is 11.9. The minimum absolute atomic E-state index is 0.0558. The van der Waals surface area contributed by atoms with Crippen LogP contribution in [0, 0.1) is 0 Å². The molecule has 1 aliphatic rings. The zero-order valence-electron chi connectivity index (χ0n) is 13.7. The van der Waals surface area contributed by atoms with Crippen molar-refractivity contribution in [2.24, 2.45) is 0 Å². The first kappa shape index (κ1) is 17.1. The lowest BCUT2D eigenvalue weighted by molar-refractivity contribution is -0.122. The van der Waals surface area contributed by atoms with E-state index in [9.17, 15) is 4.79 Å². The SMILES string of the molecule is O=C(COc1ccc2ccccc2c1)NCCSC1CCOCC1. The van der Waals surface area contributed by atoms with Gasteiger partial charge in [0.2, 0.25) is 0 Å². The van der Waals surface area contributed by atoms with Gasteiger partial charge in [-0.2, -0.15) is 11.8 Å². The number of ether oxygens (including phenoxy) is 2. The molecule has 1 fully saturated rings. The average Bonchev–Trinajstić information content (AvgIpc) is 2.64. The molecule has 1 saturated heterocycles. The number of fused-ring (bicyclic) bond motifs is 1. The lowest BCUT2D eigenvalue weighted by atomic mass is 10.1. The van der Waals surface area contributed by atoms with Crippen molar-refractivity contribution in [2.45, 2.75) is 18.1 Å². The molecule has 24 heavy (non-hydrogen) atoms. The number of hydrogen-bond acceptors (Lipinski definition) is 4. The van der Waals surface area contributed by atoms with Crippen LogP contribution >= 0.6 is 11.8 Å². The van der Waals surface area contributed by atoms with E-state index in [1.54, 1.807) is 0 Å². The Balaban J connectivity index is 1.35. The predicted molar refractivity (Wildman–Crippen MR) is 98.8 cm³/mol. The van der Waals surface area contributed by atoms with Crippen molar-refractivity contribution in [1.29, 1.82) is 0 Å². The van der Waals surface area contributed by atoms with Crippen molar-refractivity contribution in [2.75, 3.05) is 32.1 Å². The molecule has 1 N–H and O–H groups in total. The Morgan fingerprint density at radius 1 is 1.17 bits per heavy atom. The summed E-state index contributed by atoms with van der Waals surface area (Å²) in [5, 5.41) is 5.86. The van der Waals surface area contributed by atoms with Crippen LogP contribution < -0.4 is 10.1 Å². The summed E-state index contributed by atoms with van der Waals surface area (Å²) in [7, 11) is 0. The van der Waals surface area contributed by atoms with E-state index in [0.29, 0.717) is 11.8 Å². The molecule has 128 valence electrons. The van der Waals surface area contributed by atoms with Crippen LogP contribution in [0.4, 0.5) is 0 Å². The van der Waals surface area contributed by atoms with Gasteiger partial charge in [-0.1, -0.05) is 30.3 Å². The van der Waals surface area contributed by atoms with Crippen molar-refractivity contribution < 1.29 is 14.3 Å². The van der Waals surface area contributed by atoms with Crippen LogP contribution in [0.25, 0.3) is 10.8 Å². The maximum Gasteiger partial charge on any atom is 0.257 e. The van der Waals surface area contributed by atoms with E-state index in [4.69, 9.17) is 9.47 Å². The molecule has 2 aromatic rings. The van der Waals surface area contributed by atoms with Gasteiger partial charge in [-0.25, -0.2) is 0 Å². The Bertz CT molecular complexity index is 670. The molecule has 5 heteroatoms. The molecule has 0 unspecified atom stereocenters. The maximum atomic E-state index is 11.9. The highest BCUT2D eigenvalue weighted by atomic mass is 32.2. The van der Waals surface area contributed by atoms with E-state index in [0.717, 1.165) is 42.9 Å². The number of rotatable bonds is 7. The summed E-state index contributed by atoms with van der Waals surface area (Å²) in [6.07, 6.45) is 2.23. The first-order chi connectivity index (χ1) is 11.8. The second kappa shape index (κ2) is 8.94.